The summed E-state index contributed by atoms with van der Waals surface area (Å²) in [6.45, 7) is 2.51. The molecule has 3 aromatic rings. The second-order valence-electron chi connectivity index (χ2n) is 6.77. The van der Waals surface area contributed by atoms with Crippen LogP contribution in [0.25, 0.3) is 6.08 Å². The number of hydrogen-bond acceptors (Lipinski definition) is 4. The van der Waals surface area contributed by atoms with Gasteiger partial charge in [0.15, 0.2) is 5.70 Å². The summed E-state index contributed by atoms with van der Waals surface area (Å²) < 4.78 is 11.4. The van der Waals surface area contributed by atoms with Crippen molar-refractivity contribution in [1.82, 2.24) is 0 Å². The van der Waals surface area contributed by atoms with E-state index < -0.39 is 5.97 Å². The quantitative estimate of drug-likeness (QED) is 0.446. The molecule has 0 aliphatic carbocycles. The Kier molecular flexibility index (Phi) is 5.52. The highest BCUT2D eigenvalue weighted by atomic mass is 16.6. The van der Waals surface area contributed by atoms with Crippen LogP contribution in [-0.4, -0.2) is 18.5 Å². The van der Waals surface area contributed by atoms with Crippen LogP contribution in [0.3, 0.4) is 0 Å². The van der Waals surface area contributed by atoms with E-state index in [4.69, 9.17) is 9.47 Å². The number of carbonyl (C=O) groups is 1. The van der Waals surface area contributed by atoms with Gasteiger partial charge >= 0.3 is 5.97 Å². The highest BCUT2D eigenvalue weighted by Crippen LogP contribution is 2.25. The lowest BCUT2D eigenvalue weighted by atomic mass is 10.1. The molecule has 1 aliphatic rings. The van der Waals surface area contributed by atoms with Crippen molar-refractivity contribution < 1.29 is 14.3 Å². The highest BCUT2D eigenvalue weighted by Gasteiger charge is 2.25. The van der Waals surface area contributed by atoms with E-state index in [1.54, 1.807) is 6.08 Å². The fourth-order valence-electron chi connectivity index (χ4n) is 3.14. The fraction of sp³-hybridized carbons (Fsp3) is 0.120. The van der Waals surface area contributed by atoms with Crippen LogP contribution in [0.15, 0.2) is 89.6 Å². The van der Waals surface area contributed by atoms with Crippen molar-refractivity contribution in [2.24, 2.45) is 4.99 Å². The predicted octanol–water partition coefficient (Wildman–Crippen LogP) is 4.96. The Morgan fingerprint density at radius 3 is 2.48 bits per heavy atom. The second-order valence-corrected chi connectivity index (χ2v) is 6.77. The van der Waals surface area contributed by atoms with Gasteiger partial charge in [0.05, 0.1) is 6.61 Å². The summed E-state index contributed by atoms with van der Waals surface area (Å²) in [6, 6.07) is 25.5. The largest absolute Gasteiger partial charge is 0.493 e. The van der Waals surface area contributed by atoms with Gasteiger partial charge in [-0.2, -0.15) is 0 Å². The Morgan fingerprint density at radius 1 is 0.931 bits per heavy atom. The molecule has 0 amide bonds. The van der Waals surface area contributed by atoms with Gasteiger partial charge in [-0.1, -0.05) is 66.7 Å². The molecule has 1 heterocycles. The molecule has 29 heavy (non-hydrogen) atoms. The molecule has 0 radical (unpaired) electrons. The Bertz CT molecular complexity index is 1080. The third-order valence-electron chi connectivity index (χ3n) is 4.70. The van der Waals surface area contributed by atoms with Gasteiger partial charge in [0.1, 0.15) is 5.75 Å². The molecule has 0 unspecified atom stereocenters. The summed E-state index contributed by atoms with van der Waals surface area (Å²) in [5, 5.41) is 0. The summed E-state index contributed by atoms with van der Waals surface area (Å²) in [6.07, 6.45) is 2.52. The van der Waals surface area contributed by atoms with Crippen LogP contribution in [0.5, 0.6) is 5.75 Å². The standard InChI is InChI=1S/C25H21NO3/c1-18-9-5-7-13-21(18)24-26-22(25(27)29-24)17-20-12-6-8-14-23(20)28-16-15-19-10-3-2-4-11-19/h2-14,17H,15-16H2,1H3/b22-17-. The summed E-state index contributed by atoms with van der Waals surface area (Å²) in [5.41, 5.74) is 4.10. The first-order valence-electron chi connectivity index (χ1n) is 9.55. The Hall–Kier alpha value is -3.66. The van der Waals surface area contributed by atoms with Crippen molar-refractivity contribution in [3.05, 3.63) is 107 Å². The minimum absolute atomic E-state index is 0.266. The van der Waals surface area contributed by atoms with E-state index in [1.807, 2.05) is 73.7 Å². The van der Waals surface area contributed by atoms with Crippen LogP contribution < -0.4 is 4.74 Å². The molecule has 0 fully saturated rings. The number of ether oxygens (including phenoxy) is 2. The van der Waals surface area contributed by atoms with Gasteiger partial charge in [-0.15, -0.1) is 0 Å². The molecule has 4 rings (SSSR count). The van der Waals surface area contributed by atoms with Crippen LogP contribution in [0.1, 0.15) is 22.3 Å². The SMILES string of the molecule is Cc1ccccc1C1=N/C(=C\c2ccccc2OCCc2ccccc2)C(=O)O1. The number of carbonyl (C=O) groups excluding carboxylic acids is 1. The lowest BCUT2D eigenvalue weighted by Gasteiger charge is -2.09. The number of cyclic esters (lactones) is 1. The maximum Gasteiger partial charge on any atom is 0.363 e. The minimum Gasteiger partial charge on any atom is -0.493 e. The van der Waals surface area contributed by atoms with E-state index in [-0.39, 0.29) is 5.70 Å². The van der Waals surface area contributed by atoms with Crippen LogP contribution in [0.4, 0.5) is 0 Å². The van der Waals surface area contributed by atoms with E-state index in [9.17, 15) is 4.79 Å². The average Bonchev–Trinajstić information content (AvgIpc) is 3.10. The number of nitrogens with zero attached hydrogens (tertiary/aromatic N) is 1. The minimum atomic E-state index is -0.456. The topological polar surface area (TPSA) is 47.9 Å². The fourth-order valence-corrected chi connectivity index (χ4v) is 3.14. The van der Waals surface area contributed by atoms with Crippen molar-refractivity contribution in [3.63, 3.8) is 0 Å². The summed E-state index contributed by atoms with van der Waals surface area (Å²) >= 11 is 0. The van der Waals surface area contributed by atoms with Gasteiger partial charge < -0.3 is 9.47 Å². The van der Waals surface area contributed by atoms with E-state index >= 15 is 0 Å². The second kappa shape index (κ2) is 8.57. The Balaban J connectivity index is 1.53. The molecule has 0 N–H and O–H groups in total. The normalized spacial score (nSPS) is 14.6. The predicted molar refractivity (Wildman–Crippen MR) is 114 cm³/mol. The number of para-hydroxylation sites is 1. The van der Waals surface area contributed by atoms with Crippen molar-refractivity contribution >= 4 is 17.9 Å². The van der Waals surface area contributed by atoms with Crippen molar-refractivity contribution in [3.8, 4) is 5.75 Å². The molecule has 3 aromatic carbocycles. The molecule has 0 bridgehead atoms. The maximum atomic E-state index is 12.3. The number of hydrogen-bond donors (Lipinski definition) is 0. The third-order valence-corrected chi connectivity index (χ3v) is 4.70. The molecule has 144 valence electrons. The molecule has 0 atom stereocenters. The molecule has 4 nitrogen and oxygen atoms in total. The van der Waals surface area contributed by atoms with Gasteiger partial charge in [0.2, 0.25) is 5.90 Å². The lowest BCUT2D eigenvalue weighted by Crippen LogP contribution is -2.06. The first-order chi connectivity index (χ1) is 14.2. The number of benzene rings is 3. The number of aryl methyl sites for hydroxylation is 1. The zero-order chi connectivity index (χ0) is 20.1. The zero-order valence-corrected chi connectivity index (χ0v) is 16.2. The van der Waals surface area contributed by atoms with Crippen molar-refractivity contribution in [2.45, 2.75) is 13.3 Å². The molecule has 0 spiro atoms. The van der Waals surface area contributed by atoms with Crippen molar-refractivity contribution in [1.29, 1.82) is 0 Å². The first kappa shape index (κ1) is 18.7. The monoisotopic (exact) mass is 383 g/mol. The molecule has 0 aromatic heterocycles. The van der Waals surface area contributed by atoms with Gasteiger partial charge in [0.25, 0.3) is 0 Å². The molecule has 0 saturated carbocycles. The molecule has 0 saturated heterocycles. The summed E-state index contributed by atoms with van der Waals surface area (Å²) in [7, 11) is 0. The van der Waals surface area contributed by atoms with Gasteiger partial charge in [-0.3, -0.25) is 0 Å². The molecule has 1 aliphatic heterocycles. The van der Waals surface area contributed by atoms with Gasteiger partial charge in [-0.05, 0) is 36.3 Å². The molecule has 4 heteroatoms. The van der Waals surface area contributed by atoms with E-state index in [0.717, 1.165) is 23.1 Å². The number of rotatable bonds is 6. The average molecular weight is 383 g/mol. The first-order valence-corrected chi connectivity index (χ1v) is 9.55. The van der Waals surface area contributed by atoms with E-state index in [2.05, 4.69) is 17.1 Å². The van der Waals surface area contributed by atoms with Crippen LogP contribution in [0.2, 0.25) is 0 Å². The smallest absolute Gasteiger partial charge is 0.363 e. The zero-order valence-electron chi connectivity index (χ0n) is 16.2. The van der Waals surface area contributed by atoms with E-state index in [1.165, 1.54) is 5.56 Å². The van der Waals surface area contributed by atoms with Gasteiger partial charge in [0, 0.05) is 17.5 Å². The van der Waals surface area contributed by atoms with Crippen LogP contribution in [0, 0.1) is 6.92 Å². The van der Waals surface area contributed by atoms with Crippen molar-refractivity contribution in [2.75, 3.05) is 6.61 Å². The Labute approximate surface area is 170 Å². The summed E-state index contributed by atoms with van der Waals surface area (Å²) in [5.74, 6) is 0.590. The molecular weight excluding hydrogens is 362 g/mol. The van der Waals surface area contributed by atoms with E-state index in [0.29, 0.717) is 18.3 Å². The summed E-state index contributed by atoms with van der Waals surface area (Å²) in [4.78, 5) is 16.8. The van der Waals surface area contributed by atoms with Crippen LogP contribution >= 0.6 is 0 Å². The third kappa shape index (κ3) is 4.43. The lowest BCUT2D eigenvalue weighted by molar-refractivity contribution is -0.129. The Morgan fingerprint density at radius 2 is 1.66 bits per heavy atom. The maximum absolute atomic E-state index is 12.3. The van der Waals surface area contributed by atoms with Gasteiger partial charge in [-0.25, -0.2) is 9.79 Å². The number of esters is 1. The number of aliphatic imine (C=N–C) groups is 1. The highest BCUT2D eigenvalue weighted by molar-refractivity contribution is 6.13. The van der Waals surface area contributed by atoms with Crippen LogP contribution in [-0.2, 0) is 16.0 Å². The molecular formula is C25H21NO3.